The van der Waals surface area contributed by atoms with E-state index < -0.39 is 41.8 Å². The molecule has 35 heavy (non-hydrogen) atoms. The van der Waals surface area contributed by atoms with Crippen LogP contribution in [-0.4, -0.2) is 68.5 Å². The highest BCUT2D eigenvalue weighted by atomic mass is 16.4. The number of hydrogen-bond acceptors (Lipinski definition) is 7. The molecule has 0 aliphatic carbocycles. The van der Waals surface area contributed by atoms with Crippen molar-refractivity contribution in [3.05, 3.63) is 48.0 Å². The summed E-state index contributed by atoms with van der Waals surface area (Å²) >= 11 is 0. The van der Waals surface area contributed by atoms with Crippen molar-refractivity contribution in [3.63, 3.8) is 0 Å². The van der Waals surface area contributed by atoms with Gasteiger partial charge in [-0.25, -0.2) is 9.78 Å². The van der Waals surface area contributed by atoms with E-state index in [9.17, 15) is 29.4 Å². The molecule has 12 heteroatoms. The molecule has 190 valence electrons. The molecule has 0 aliphatic rings. The average Bonchev–Trinajstić information content (AvgIpc) is 3.35. The molecule has 1 aromatic heterocycles. The number of benzene rings is 1. The molecule has 1 heterocycles. The van der Waals surface area contributed by atoms with Gasteiger partial charge in [-0.2, -0.15) is 0 Å². The zero-order valence-electron chi connectivity index (χ0n) is 19.7. The van der Waals surface area contributed by atoms with Crippen molar-refractivity contribution in [2.75, 3.05) is 6.54 Å². The first-order valence-corrected chi connectivity index (χ1v) is 11.2. The third kappa shape index (κ3) is 8.41. The van der Waals surface area contributed by atoms with E-state index in [0.717, 1.165) is 0 Å². The summed E-state index contributed by atoms with van der Waals surface area (Å²) in [6, 6.07) is 2.68. The van der Waals surface area contributed by atoms with Crippen LogP contribution in [0.1, 0.15) is 31.5 Å². The molecule has 0 fully saturated rings. The monoisotopic (exact) mass is 488 g/mol. The van der Waals surface area contributed by atoms with Gasteiger partial charge >= 0.3 is 5.97 Å². The van der Waals surface area contributed by atoms with Crippen molar-refractivity contribution in [1.82, 2.24) is 25.9 Å². The van der Waals surface area contributed by atoms with E-state index in [0.29, 0.717) is 17.7 Å². The Bertz CT molecular complexity index is 994. The number of phenols is 1. The number of phenolic OH excluding ortho intramolecular Hbond substituents is 1. The Morgan fingerprint density at radius 1 is 1.03 bits per heavy atom. The minimum absolute atomic E-state index is 0.0201. The maximum absolute atomic E-state index is 13.2. The Morgan fingerprint density at radius 2 is 1.66 bits per heavy atom. The summed E-state index contributed by atoms with van der Waals surface area (Å²) in [7, 11) is 0. The molecule has 0 aliphatic heterocycles. The van der Waals surface area contributed by atoms with Crippen LogP contribution in [-0.2, 0) is 32.0 Å². The number of nitrogens with two attached hydrogens (primary N) is 1. The lowest BCUT2D eigenvalue weighted by Gasteiger charge is -2.26. The fraction of sp³-hybridized carbons (Fsp3) is 0.435. The molecule has 0 saturated carbocycles. The minimum Gasteiger partial charge on any atom is -0.508 e. The number of aromatic hydroxyl groups is 1. The van der Waals surface area contributed by atoms with Crippen molar-refractivity contribution in [1.29, 1.82) is 0 Å². The van der Waals surface area contributed by atoms with Gasteiger partial charge < -0.3 is 36.9 Å². The van der Waals surface area contributed by atoms with Crippen LogP contribution in [0.25, 0.3) is 0 Å². The first kappa shape index (κ1) is 27.3. The number of H-pyrrole nitrogens is 1. The average molecular weight is 489 g/mol. The first-order chi connectivity index (χ1) is 16.6. The highest BCUT2D eigenvalue weighted by Crippen LogP contribution is 2.13. The number of nitrogens with zero attached hydrogens (tertiary/aromatic N) is 1. The quantitative estimate of drug-likeness (QED) is 0.194. The highest BCUT2D eigenvalue weighted by molar-refractivity contribution is 5.94. The van der Waals surface area contributed by atoms with Crippen molar-refractivity contribution in [3.8, 4) is 5.75 Å². The maximum Gasteiger partial charge on any atom is 0.326 e. The SMILES string of the molecule is CCC(C)C(NC(=O)C(Cc1ccc(O)cc1)NC(=O)C(Cc1cnc[nH]1)NC(=O)CN)C(=O)O. The van der Waals surface area contributed by atoms with Crippen LogP contribution in [0, 0.1) is 5.92 Å². The molecule has 8 N–H and O–H groups in total. The lowest BCUT2D eigenvalue weighted by molar-refractivity contribution is -0.143. The van der Waals surface area contributed by atoms with Gasteiger partial charge in [-0.1, -0.05) is 32.4 Å². The number of carboxylic acid groups (broad SMARTS) is 1. The van der Waals surface area contributed by atoms with E-state index in [1.807, 2.05) is 6.92 Å². The topological polar surface area (TPSA) is 200 Å². The molecule has 0 radical (unpaired) electrons. The van der Waals surface area contributed by atoms with Gasteiger partial charge in [0, 0.05) is 24.7 Å². The summed E-state index contributed by atoms with van der Waals surface area (Å²) in [5.41, 5.74) is 6.57. The predicted molar refractivity (Wildman–Crippen MR) is 126 cm³/mol. The molecular formula is C23H32N6O6. The minimum atomic E-state index is -1.19. The normalized spacial score (nSPS) is 14.3. The number of rotatable bonds is 13. The number of aliphatic carboxylic acids is 1. The summed E-state index contributed by atoms with van der Waals surface area (Å²) in [5, 5.41) is 26.8. The van der Waals surface area contributed by atoms with E-state index in [2.05, 4.69) is 25.9 Å². The van der Waals surface area contributed by atoms with Crippen LogP contribution in [0.4, 0.5) is 0 Å². The van der Waals surface area contributed by atoms with Gasteiger partial charge in [0.05, 0.1) is 12.9 Å². The Morgan fingerprint density at radius 3 is 2.20 bits per heavy atom. The van der Waals surface area contributed by atoms with Crippen LogP contribution < -0.4 is 21.7 Å². The number of carbonyl (C=O) groups excluding carboxylic acids is 3. The molecule has 2 rings (SSSR count). The van der Waals surface area contributed by atoms with Crippen molar-refractivity contribution >= 4 is 23.7 Å². The molecular weight excluding hydrogens is 456 g/mol. The molecule has 0 saturated heterocycles. The number of amides is 3. The predicted octanol–water partition coefficient (Wildman–Crippen LogP) is -0.556. The number of aromatic nitrogens is 2. The molecule has 2 aromatic rings. The summed E-state index contributed by atoms with van der Waals surface area (Å²) in [4.78, 5) is 56.7. The molecule has 4 atom stereocenters. The van der Waals surface area contributed by atoms with Gasteiger partial charge in [-0.05, 0) is 23.6 Å². The van der Waals surface area contributed by atoms with E-state index in [1.165, 1.54) is 24.7 Å². The van der Waals surface area contributed by atoms with E-state index in [-0.39, 0.29) is 31.1 Å². The second kappa shape index (κ2) is 13.1. The van der Waals surface area contributed by atoms with Crippen molar-refractivity contribution in [2.24, 2.45) is 11.7 Å². The van der Waals surface area contributed by atoms with Crippen LogP contribution in [0.15, 0.2) is 36.8 Å². The number of hydrogen-bond donors (Lipinski definition) is 7. The molecule has 0 bridgehead atoms. The third-order valence-corrected chi connectivity index (χ3v) is 5.60. The molecule has 3 amide bonds. The molecule has 1 aromatic carbocycles. The van der Waals surface area contributed by atoms with Crippen molar-refractivity contribution in [2.45, 2.75) is 51.2 Å². The zero-order chi connectivity index (χ0) is 26.0. The highest BCUT2D eigenvalue weighted by Gasteiger charge is 2.31. The first-order valence-electron chi connectivity index (χ1n) is 11.2. The lowest BCUT2D eigenvalue weighted by atomic mass is 9.98. The summed E-state index contributed by atoms with van der Waals surface area (Å²) in [6.45, 7) is 3.18. The van der Waals surface area contributed by atoms with Crippen LogP contribution >= 0.6 is 0 Å². The molecule has 4 unspecified atom stereocenters. The Hall–Kier alpha value is -3.93. The number of nitrogens with one attached hydrogen (secondary N) is 4. The van der Waals surface area contributed by atoms with Crippen LogP contribution in [0.5, 0.6) is 5.75 Å². The standard InChI is InChI=1S/C23H32N6O6/c1-3-13(2)20(23(34)35)29-22(33)17(8-14-4-6-16(30)7-5-14)28-21(32)18(27-19(31)10-24)9-15-11-25-12-26-15/h4-7,11-13,17-18,20,30H,3,8-10,24H2,1-2H3,(H,25,26)(H,27,31)(H,28,32)(H,29,33)(H,34,35). The van der Waals surface area contributed by atoms with E-state index >= 15 is 0 Å². The largest absolute Gasteiger partial charge is 0.508 e. The maximum atomic E-state index is 13.2. The fourth-order valence-corrected chi connectivity index (χ4v) is 3.37. The zero-order valence-corrected chi connectivity index (χ0v) is 19.7. The van der Waals surface area contributed by atoms with Gasteiger partial charge in [-0.15, -0.1) is 0 Å². The summed E-state index contributed by atoms with van der Waals surface area (Å²) in [5.74, 6) is -3.41. The van der Waals surface area contributed by atoms with Gasteiger partial charge in [0.2, 0.25) is 17.7 Å². The second-order valence-corrected chi connectivity index (χ2v) is 8.25. The lowest BCUT2D eigenvalue weighted by Crippen LogP contribution is -2.58. The van der Waals surface area contributed by atoms with Gasteiger partial charge in [0.15, 0.2) is 0 Å². The van der Waals surface area contributed by atoms with Crippen LogP contribution in [0.3, 0.4) is 0 Å². The van der Waals surface area contributed by atoms with Gasteiger partial charge in [-0.3, -0.25) is 14.4 Å². The number of aromatic amines is 1. The molecule has 0 spiro atoms. The third-order valence-electron chi connectivity index (χ3n) is 5.60. The van der Waals surface area contributed by atoms with Gasteiger partial charge in [0.25, 0.3) is 0 Å². The number of carboxylic acids is 1. The Balaban J connectivity index is 2.27. The molecule has 12 nitrogen and oxygen atoms in total. The van der Waals surface area contributed by atoms with E-state index in [1.54, 1.807) is 19.1 Å². The number of imidazole rings is 1. The second-order valence-electron chi connectivity index (χ2n) is 8.25. The van der Waals surface area contributed by atoms with E-state index in [4.69, 9.17) is 5.73 Å². The summed E-state index contributed by atoms with van der Waals surface area (Å²) < 4.78 is 0. The number of carbonyl (C=O) groups is 4. The summed E-state index contributed by atoms with van der Waals surface area (Å²) in [6.07, 6.45) is 3.53. The van der Waals surface area contributed by atoms with Crippen molar-refractivity contribution < 1.29 is 29.4 Å². The van der Waals surface area contributed by atoms with Crippen LogP contribution in [0.2, 0.25) is 0 Å². The Kier molecular flexibility index (Phi) is 10.2. The Labute approximate surface area is 202 Å². The fourth-order valence-electron chi connectivity index (χ4n) is 3.37. The smallest absolute Gasteiger partial charge is 0.326 e. The van der Waals surface area contributed by atoms with Gasteiger partial charge in [0.1, 0.15) is 23.9 Å².